The van der Waals surface area contributed by atoms with E-state index >= 15 is 0 Å². The Labute approximate surface area is 143 Å². The minimum absolute atomic E-state index is 0.000821. The lowest BCUT2D eigenvalue weighted by Gasteiger charge is -2.25. The van der Waals surface area contributed by atoms with E-state index in [1.54, 1.807) is 6.07 Å². The monoisotopic (exact) mass is 332 g/mol. The molecule has 1 aliphatic carbocycles. The third-order valence-corrected chi connectivity index (χ3v) is 4.58. The van der Waals surface area contributed by atoms with Crippen LogP contribution in [-0.2, 0) is 4.79 Å². The average molecular weight is 332 g/mol. The molecule has 0 saturated heterocycles. The van der Waals surface area contributed by atoms with Crippen LogP contribution < -0.4 is 10.6 Å². The maximum atomic E-state index is 12.6. The van der Waals surface area contributed by atoms with Crippen LogP contribution in [-0.4, -0.2) is 35.6 Å². The van der Waals surface area contributed by atoms with Crippen LogP contribution in [0.5, 0.6) is 0 Å². The van der Waals surface area contributed by atoms with Gasteiger partial charge in [-0.3, -0.25) is 9.59 Å². The van der Waals surface area contributed by atoms with Crippen LogP contribution in [0.25, 0.3) is 0 Å². The van der Waals surface area contributed by atoms with Gasteiger partial charge in [0.2, 0.25) is 5.91 Å². The Morgan fingerprint density at radius 3 is 2.42 bits per heavy atom. The summed E-state index contributed by atoms with van der Waals surface area (Å²) in [6.45, 7) is 5.77. The Hall–Kier alpha value is -1.88. The predicted octanol–water partition coefficient (Wildman–Crippen LogP) is 2.03. The van der Waals surface area contributed by atoms with Crippen molar-refractivity contribution in [2.75, 3.05) is 6.61 Å². The Kier molecular flexibility index (Phi) is 6.37. The number of carbonyl (C=O) groups is 2. The molecule has 2 unspecified atom stereocenters. The van der Waals surface area contributed by atoms with E-state index in [0.717, 1.165) is 18.4 Å². The minimum Gasteiger partial charge on any atom is -0.396 e. The zero-order valence-electron chi connectivity index (χ0n) is 14.7. The SMILES string of the molecule is Cc1ccccc1C(=O)NC(C(=O)NC(CCO)C1CC1)C(C)C. The van der Waals surface area contributed by atoms with E-state index < -0.39 is 6.04 Å². The Bertz CT molecular complexity index is 582. The molecule has 3 N–H and O–H groups in total. The summed E-state index contributed by atoms with van der Waals surface area (Å²) in [5.41, 5.74) is 1.47. The molecule has 0 bridgehead atoms. The molecule has 2 rings (SSSR count). The quantitative estimate of drug-likeness (QED) is 0.681. The van der Waals surface area contributed by atoms with Crippen molar-refractivity contribution >= 4 is 11.8 Å². The number of benzene rings is 1. The zero-order chi connectivity index (χ0) is 17.7. The average Bonchev–Trinajstić information content (AvgIpc) is 3.36. The van der Waals surface area contributed by atoms with E-state index in [1.165, 1.54) is 0 Å². The van der Waals surface area contributed by atoms with Gasteiger partial charge in [0.15, 0.2) is 0 Å². The van der Waals surface area contributed by atoms with Gasteiger partial charge >= 0.3 is 0 Å². The molecule has 1 aromatic carbocycles. The summed E-state index contributed by atoms with van der Waals surface area (Å²) in [4.78, 5) is 25.2. The van der Waals surface area contributed by atoms with Crippen molar-refractivity contribution < 1.29 is 14.7 Å². The van der Waals surface area contributed by atoms with Gasteiger partial charge in [0.1, 0.15) is 6.04 Å². The number of carbonyl (C=O) groups excluding carboxylic acids is 2. The number of hydrogen-bond donors (Lipinski definition) is 3. The molecule has 1 aliphatic rings. The standard InChI is InChI=1S/C19H28N2O3/c1-12(2)17(19(24)20-16(10-11-22)14-8-9-14)21-18(23)15-7-5-4-6-13(15)3/h4-7,12,14,16-17,22H,8-11H2,1-3H3,(H,20,24)(H,21,23). The van der Waals surface area contributed by atoms with E-state index in [-0.39, 0.29) is 30.4 Å². The summed E-state index contributed by atoms with van der Waals surface area (Å²) in [6.07, 6.45) is 2.74. The molecule has 0 aromatic heterocycles. The zero-order valence-corrected chi connectivity index (χ0v) is 14.7. The van der Waals surface area contributed by atoms with Crippen molar-refractivity contribution in [2.45, 2.75) is 52.1 Å². The second-order valence-corrected chi connectivity index (χ2v) is 6.97. The lowest BCUT2D eigenvalue weighted by Crippen LogP contribution is -2.52. The molecule has 132 valence electrons. The second-order valence-electron chi connectivity index (χ2n) is 6.97. The first-order chi connectivity index (χ1) is 11.4. The van der Waals surface area contributed by atoms with Gasteiger partial charge in [-0.15, -0.1) is 0 Å². The summed E-state index contributed by atoms with van der Waals surface area (Å²) in [5, 5.41) is 15.1. The number of aliphatic hydroxyl groups is 1. The highest BCUT2D eigenvalue weighted by molar-refractivity contribution is 5.98. The Morgan fingerprint density at radius 1 is 1.21 bits per heavy atom. The lowest BCUT2D eigenvalue weighted by atomic mass is 10.0. The Morgan fingerprint density at radius 2 is 1.88 bits per heavy atom. The highest BCUT2D eigenvalue weighted by Crippen LogP contribution is 2.34. The van der Waals surface area contributed by atoms with Gasteiger partial charge in [-0.2, -0.15) is 0 Å². The summed E-state index contributed by atoms with van der Waals surface area (Å²) < 4.78 is 0. The highest BCUT2D eigenvalue weighted by Gasteiger charge is 2.34. The molecular formula is C19H28N2O3. The number of rotatable bonds is 8. The van der Waals surface area contributed by atoms with Crippen LogP contribution in [0.15, 0.2) is 24.3 Å². The van der Waals surface area contributed by atoms with Crippen LogP contribution in [0.2, 0.25) is 0 Å². The third kappa shape index (κ3) is 4.81. The number of aryl methyl sites for hydroxylation is 1. The summed E-state index contributed by atoms with van der Waals surface area (Å²) in [7, 11) is 0. The maximum Gasteiger partial charge on any atom is 0.252 e. The first-order valence-electron chi connectivity index (χ1n) is 8.71. The summed E-state index contributed by atoms with van der Waals surface area (Å²) >= 11 is 0. The van der Waals surface area contributed by atoms with Crippen molar-refractivity contribution in [2.24, 2.45) is 11.8 Å². The van der Waals surface area contributed by atoms with Gasteiger partial charge < -0.3 is 15.7 Å². The predicted molar refractivity (Wildman–Crippen MR) is 93.6 cm³/mol. The summed E-state index contributed by atoms with van der Waals surface area (Å²) in [5.74, 6) is 0.0392. The number of amides is 2. The smallest absolute Gasteiger partial charge is 0.252 e. The van der Waals surface area contributed by atoms with E-state index in [0.29, 0.717) is 17.9 Å². The van der Waals surface area contributed by atoms with Gasteiger partial charge in [-0.1, -0.05) is 32.0 Å². The van der Waals surface area contributed by atoms with Crippen LogP contribution in [0.3, 0.4) is 0 Å². The van der Waals surface area contributed by atoms with E-state index in [2.05, 4.69) is 10.6 Å². The topological polar surface area (TPSA) is 78.4 Å². The molecule has 1 fully saturated rings. The largest absolute Gasteiger partial charge is 0.396 e. The van der Waals surface area contributed by atoms with Crippen LogP contribution in [0.4, 0.5) is 0 Å². The van der Waals surface area contributed by atoms with Gasteiger partial charge in [-0.25, -0.2) is 0 Å². The van der Waals surface area contributed by atoms with Crippen LogP contribution in [0, 0.1) is 18.8 Å². The third-order valence-electron chi connectivity index (χ3n) is 4.58. The minimum atomic E-state index is -0.586. The van der Waals surface area contributed by atoms with E-state index in [4.69, 9.17) is 0 Å². The highest BCUT2D eigenvalue weighted by atomic mass is 16.3. The molecule has 24 heavy (non-hydrogen) atoms. The number of nitrogens with one attached hydrogen (secondary N) is 2. The fourth-order valence-electron chi connectivity index (χ4n) is 2.92. The second kappa shape index (κ2) is 8.29. The summed E-state index contributed by atoms with van der Waals surface area (Å²) in [6, 6.07) is 6.75. The molecule has 0 aliphatic heterocycles. The molecule has 1 aromatic rings. The van der Waals surface area contributed by atoms with Gasteiger partial charge in [-0.05, 0) is 49.7 Å². The Balaban J connectivity index is 2.04. The first-order valence-corrected chi connectivity index (χ1v) is 8.71. The molecule has 0 radical (unpaired) electrons. The number of aliphatic hydroxyl groups excluding tert-OH is 1. The molecule has 0 spiro atoms. The fourth-order valence-corrected chi connectivity index (χ4v) is 2.92. The van der Waals surface area contributed by atoms with Crippen molar-refractivity contribution in [3.05, 3.63) is 35.4 Å². The van der Waals surface area contributed by atoms with Crippen molar-refractivity contribution in [3.63, 3.8) is 0 Å². The molecule has 2 amide bonds. The van der Waals surface area contributed by atoms with E-state index in [1.807, 2.05) is 39.0 Å². The number of hydrogen-bond acceptors (Lipinski definition) is 3. The fraction of sp³-hybridized carbons (Fsp3) is 0.579. The molecule has 1 saturated carbocycles. The molecule has 2 atom stereocenters. The van der Waals surface area contributed by atoms with E-state index in [9.17, 15) is 14.7 Å². The lowest BCUT2D eigenvalue weighted by molar-refractivity contribution is -0.124. The maximum absolute atomic E-state index is 12.6. The van der Waals surface area contributed by atoms with Crippen LogP contribution >= 0.6 is 0 Å². The normalized spacial score (nSPS) is 16.5. The van der Waals surface area contributed by atoms with Crippen molar-refractivity contribution in [1.29, 1.82) is 0 Å². The van der Waals surface area contributed by atoms with Gasteiger partial charge in [0, 0.05) is 18.2 Å². The van der Waals surface area contributed by atoms with Crippen LogP contribution in [0.1, 0.15) is 49.0 Å². The van der Waals surface area contributed by atoms with Gasteiger partial charge in [0.25, 0.3) is 5.91 Å². The first kappa shape index (κ1) is 18.5. The molecule has 5 nitrogen and oxygen atoms in total. The molecule has 5 heteroatoms. The van der Waals surface area contributed by atoms with Crippen molar-refractivity contribution in [1.82, 2.24) is 10.6 Å². The molecular weight excluding hydrogens is 304 g/mol. The molecule has 0 heterocycles. The van der Waals surface area contributed by atoms with Crippen molar-refractivity contribution in [3.8, 4) is 0 Å². The van der Waals surface area contributed by atoms with Gasteiger partial charge in [0.05, 0.1) is 0 Å².